The van der Waals surface area contributed by atoms with Crippen LogP contribution in [-0.2, 0) is 19.1 Å². The van der Waals surface area contributed by atoms with E-state index in [4.69, 9.17) is 9.47 Å². The number of carbonyl (C=O) groups is 2. The van der Waals surface area contributed by atoms with E-state index in [1.165, 1.54) is 0 Å². The number of hydrogen-bond donors (Lipinski definition) is 0. The standard InChI is InChI=1S/2C6H13NO2/c2*1-7(2)6(8)4-5-9-3/h2*4-5H2,1-3H3. The molecule has 0 atom stereocenters. The van der Waals surface area contributed by atoms with E-state index in [0.717, 1.165) is 0 Å². The van der Waals surface area contributed by atoms with Crippen LogP contribution in [0.5, 0.6) is 0 Å². The molecule has 0 aliphatic rings. The number of nitrogens with zero attached hydrogens (tertiary/aromatic N) is 2. The summed E-state index contributed by atoms with van der Waals surface area (Å²) in [5.74, 6) is 0.216. The van der Waals surface area contributed by atoms with E-state index in [-0.39, 0.29) is 11.8 Å². The molecule has 0 bridgehead atoms. The second-order valence-corrected chi connectivity index (χ2v) is 4.06. The summed E-state index contributed by atoms with van der Waals surface area (Å²) in [5.41, 5.74) is 0. The van der Waals surface area contributed by atoms with Gasteiger partial charge in [0.25, 0.3) is 0 Å². The molecule has 0 aliphatic heterocycles. The van der Waals surface area contributed by atoms with Gasteiger partial charge < -0.3 is 19.3 Å². The highest BCUT2D eigenvalue weighted by atomic mass is 16.5. The number of carbonyl (C=O) groups excluding carboxylic acids is 2. The van der Waals surface area contributed by atoms with Crippen LogP contribution in [0.4, 0.5) is 0 Å². The molecule has 108 valence electrons. The molecule has 0 spiro atoms. The summed E-state index contributed by atoms with van der Waals surface area (Å²) in [6.45, 7) is 1.02. The number of rotatable bonds is 6. The van der Waals surface area contributed by atoms with E-state index < -0.39 is 0 Å². The Balaban J connectivity index is 0. The van der Waals surface area contributed by atoms with E-state index >= 15 is 0 Å². The Bertz CT molecular complexity index is 206. The molecule has 2 amide bonds. The molecule has 0 aliphatic carbocycles. The molecule has 0 N–H and O–H groups in total. The summed E-state index contributed by atoms with van der Waals surface area (Å²) >= 11 is 0. The lowest BCUT2D eigenvalue weighted by Gasteiger charge is -2.08. The van der Waals surface area contributed by atoms with Gasteiger partial charge in [-0.1, -0.05) is 0 Å². The van der Waals surface area contributed by atoms with Gasteiger partial charge in [0.1, 0.15) is 0 Å². The highest BCUT2D eigenvalue weighted by Gasteiger charge is 2.01. The van der Waals surface area contributed by atoms with Gasteiger partial charge in [-0.2, -0.15) is 0 Å². The summed E-state index contributed by atoms with van der Waals surface area (Å²) in [5, 5.41) is 0. The first-order valence-corrected chi connectivity index (χ1v) is 5.75. The zero-order valence-electron chi connectivity index (χ0n) is 12.4. The average Bonchev–Trinajstić information content (AvgIpc) is 2.33. The third-order valence-electron chi connectivity index (χ3n) is 2.04. The van der Waals surface area contributed by atoms with Crippen LogP contribution in [0.15, 0.2) is 0 Å². The van der Waals surface area contributed by atoms with Crippen LogP contribution < -0.4 is 0 Å². The van der Waals surface area contributed by atoms with E-state index in [0.29, 0.717) is 26.1 Å². The van der Waals surface area contributed by atoms with Gasteiger partial charge >= 0.3 is 0 Å². The number of methoxy groups -OCH3 is 2. The highest BCUT2D eigenvalue weighted by Crippen LogP contribution is 1.86. The Morgan fingerprint density at radius 3 is 1.22 bits per heavy atom. The number of hydrogen-bond acceptors (Lipinski definition) is 4. The first-order chi connectivity index (χ1) is 8.36. The summed E-state index contributed by atoms with van der Waals surface area (Å²) in [7, 11) is 10.1. The van der Waals surface area contributed by atoms with Crippen molar-refractivity contribution >= 4 is 11.8 Å². The van der Waals surface area contributed by atoms with Crippen LogP contribution in [0, 0.1) is 0 Å². The van der Waals surface area contributed by atoms with Crippen molar-refractivity contribution in [3.63, 3.8) is 0 Å². The van der Waals surface area contributed by atoms with Gasteiger partial charge in [0.05, 0.1) is 26.1 Å². The van der Waals surface area contributed by atoms with Gasteiger partial charge in [0.2, 0.25) is 11.8 Å². The number of amides is 2. The van der Waals surface area contributed by atoms with Gasteiger partial charge in [-0.25, -0.2) is 0 Å². The van der Waals surface area contributed by atoms with Crippen LogP contribution in [0.25, 0.3) is 0 Å². The lowest BCUT2D eigenvalue weighted by atomic mass is 10.4. The first kappa shape index (κ1) is 19.2. The molecule has 0 saturated heterocycles. The van der Waals surface area contributed by atoms with E-state index in [1.54, 1.807) is 52.2 Å². The Kier molecular flexibility index (Phi) is 13.1. The van der Waals surface area contributed by atoms with E-state index in [9.17, 15) is 9.59 Å². The third-order valence-corrected chi connectivity index (χ3v) is 2.04. The van der Waals surface area contributed by atoms with Crippen LogP contribution in [0.1, 0.15) is 12.8 Å². The average molecular weight is 262 g/mol. The summed E-state index contributed by atoms with van der Waals surface area (Å²) in [6, 6.07) is 0. The Labute approximate surface area is 110 Å². The number of ether oxygens (including phenoxy) is 2. The molecule has 0 unspecified atom stereocenters. The van der Waals surface area contributed by atoms with Crippen molar-refractivity contribution in [2.75, 3.05) is 55.6 Å². The fraction of sp³-hybridized carbons (Fsp3) is 0.833. The van der Waals surface area contributed by atoms with Gasteiger partial charge in [-0.05, 0) is 0 Å². The predicted molar refractivity (Wildman–Crippen MR) is 70.4 cm³/mol. The summed E-state index contributed by atoms with van der Waals surface area (Å²) in [6.07, 6.45) is 0.951. The zero-order valence-corrected chi connectivity index (χ0v) is 12.4. The fourth-order valence-electron chi connectivity index (χ4n) is 0.826. The minimum absolute atomic E-state index is 0.108. The monoisotopic (exact) mass is 262 g/mol. The smallest absolute Gasteiger partial charge is 0.224 e. The maximum atomic E-state index is 10.7. The van der Waals surface area contributed by atoms with Crippen LogP contribution in [0.2, 0.25) is 0 Å². The molecule has 0 rings (SSSR count). The molecule has 6 heteroatoms. The van der Waals surface area contributed by atoms with Crippen molar-refractivity contribution in [1.82, 2.24) is 9.80 Å². The van der Waals surface area contributed by atoms with Gasteiger partial charge in [0.15, 0.2) is 0 Å². The van der Waals surface area contributed by atoms with Crippen LogP contribution in [0.3, 0.4) is 0 Å². The summed E-state index contributed by atoms with van der Waals surface area (Å²) < 4.78 is 9.43. The van der Waals surface area contributed by atoms with E-state index in [1.807, 2.05) is 0 Å². The molecular weight excluding hydrogens is 236 g/mol. The normalized spacial score (nSPS) is 9.22. The largest absolute Gasteiger partial charge is 0.384 e. The van der Waals surface area contributed by atoms with Crippen molar-refractivity contribution in [2.24, 2.45) is 0 Å². The molecular formula is C12H26N2O4. The van der Waals surface area contributed by atoms with Crippen molar-refractivity contribution in [3.05, 3.63) is 0 Å². The molecule has 0 fully saturated rings. The minimum atomic E-state index is 0.108. The second kappa shape index (κ2) is 12.3. The maximum absolute atomic E-state index is 10.7. The lowest BCUT2D eigenvalue weighted by molar-refractivity contribution is -0.130. The zero-order chi connectivity index (χ0) is 14.6. The second-order valence-electron chi connectivity index (χ2n) is 4.06. The van der Waals surface area contributed by atoms with Crippen LogP contribution >= 0.6 is 0 Å². The predicted octanol–water partition coefficient (Wildman–Crippen LogP) is 0.222. The SMILES string of the molecule is COCCC(=O)N(C)C.COCCC(=O)N(C)C. The van der Waals surface area contributed by atoms with Gasteiger partial charge in [-0.3, -0.25) is 9.59 Å². The minimum Gasteiger partial charge on any atom is -0.384 e. The van der Waals surface area contributed by atoms with Gasteiger partial charge in [0, 0.05) is 42.4 Å². The lowest BCUT2D eigenvalue weighted by Crippen LogP contribution is -2.22. The molecule has 0 saturated carbocycles. The van der Waals surface area contributed by atoms with Crippen molar-refractivity contribution in [1.29, 1.82) is 0 Å². The Morgan fingerprint density at radius 2 is 1.06 bits per heavy atom. The Morgan fingerprint density at radius 1 is 0.778 bits per heavy atom. The molecule has 0 aromatic rings. The molecule has 0 aromatic heterocycles. The quantitative estimate of drug-likeness (QED) is 0.687. The third kappa shape index (κ3) is 12.9. The molecule has 6 nitrogen and oxygen atoms in total. The molecule has 0 aromatic carbocycles. The topological polar surface area (TPSA) is 59.1 Å². The molecule has 0 radical (unpaired) electrons. The summed E-state index contributed by atoms with van der Waals surface area (Å²) in [4.78, 5) is 24.6. The fourth-order valence-corrected chi connectivity index (χ4v) is 0.826. The van der Waals surface area contributed by atoms with E-state index in [2.05, 4.69) is 0 Å². The van der Waals surface area contributed by atoms with Gasteiger partial charge in [-0.15, -0.1) is 0 Å². The maximum Gasteiger partial charge on any atom is 0.224 e. The van der Waals surface area contributed by atoms with Crippen molar-refractivity contribution in [2.45, 2.75) is 12.8 Å². The van der Waals surface area contributed by atoms with Crippen molar-refractivity contribution < 1.29 is 19.1 Å². The Hall–Kier alpha value is -1.14. The highest BCUT2D eigenvalue weighted by molar-refractivity contribution is 5.75. The molecule has 18 heavy (non-hydrogen) atoms. The molecule has 0 heterocycles. The van der Waals surface area contributed by atoms with Crippen molar-refractivity contribution in [3.8, 4) is 0 Å². The van der Waals surface area contributed by atoms with Crippen LogP contribution in [-0.4, -0.2) is 77.2 Å². The first-order valence-electron chi connectivity index (χ1n) is 5.75.